The molecule has 1 saturated heterocycles. The van der Waals surface area contributed by atoms with Crippen LogP contribution in [0.2, 0.25) is 5.02 Å². The van der Waals surface area contributed by atoms with Crippen LogP contribution in [-0.2, 0) is 17.9 Å². The summed E-state index contributed by atoms with van der Waals surface area (Å²) in [4.78, 5) is 26.6. The molecule has 0 atom stereocenters. The molecular weight excluding hydrogens is 616 g/mol. The third kappa shape index (κ3) is 5.54. The van der Waals surface area contributed by atoms with E-state index < -0.39 is 17.0 Å². The van der Waals surface area contributed by atoms with Crippen molar-refractivity contribution in [1.29, 1.82) is 0 Å². The number of hydrogen-bond acceptors (Lipinski definition) is 4. The van der Waals surface area contributed by atoms with Gasteiger partial charge in [0, 0.05) is 10.6 Å². The lowest BCUT2D eigenvalue weighted by atomic mass is 10.2. The summed E-state index contributed by atoms with van der Waals surface area (Å²) in [5.41, 5.74) is 1.52. The zero-order chi connectivity index (χ0) is 24.4. The summed E-state index contributed by atoms with van der Waals surface area (Å²) >= 11 is 13.7. The maximum absolute atomic E-state index is 13.9. The first-order valence-electron chi connectivity index (χ1n) is 9.77. The van der Waals surface area contributed by atoms with E-state index in [1.165, 1.54) is 18.2 Å². The lowest BCUT2D eigenvalue weighted by Gasteiger charge is -2.13. The Labute approximate surface area is 220 Å². The van der Waals surface area contributed by atoms with E-state index in [1.54, 1.807) is 36.4 Å². The van der Waals surface area contributed by atoms with Crippen molar-refractivity contribution in [2.75, 3.05) is 0 Å². The molecule has 0 unspecified atom stereocenters. The van der Waals surface area contributed by atoms with Gasteiger partial charge >= 0.3 is 0 Å². The van der Waals surface area contributed by atoms with E-state index in [0.717, 1.165) is 22.7 Å². The second-order valence-corrected chi connectivity index (χ2v) is 10.3. The van der Waals surface area contributed by atoms with Gasteiger partial charge in [-0.3, -0.25) is 14.5 Å². The third-order valence-electron chi connectivity index (χ3n) is 4.87. The number of halogens is 5. The number of rotatable bonds is 6. The van der Waals surface area contributed by atoms with Gasteiger partial charge in [0.15, 0.2) is 0 Å². The number of ether oxygens (including phenoxy) is 1. The largest absolute Gasteiger partial charge is 0.486 e. The second kappa shape index (κ2) is 10.6. The van der Waals surface area contributed by atoms with Crippen LogP contribution in [0.25, 0.3) is 6.08 Å². The number of nitrogens with zero attached hydrogens (tertiary/aromatic N) is 1. The van der Waals surface area contributed by atoms with Crippen molar-refractivity contribution in [3.63, 3.8) is 0 Å². The van der Waals surface area contributed by atoms with Crippen molar-refractivity contribution in [3.05, 3.63) is 102 Å². The Morgan fingerprint density at radius 1 is 1.00 bits per heavy atom. The fourth-order valence-corrected chi connectivity index (χ4v) is 5.69. The van der Waals surface area contributed by atoms with Crippen LogP contribution in [0.1, 0.15) is 16.7 Å². The number of benzene rings is 3. The Hall–Kier alpha value is -2.20. The van der Waals surface area contributed by atoms with E-state index >= 15 is 0 Å². The van der Waals surface area contributed by atoms with Crippen LogP contribution in [0.4, 0.5) is 13.6 Å². The maximum atomic E-state index is 13.9. The van der Waals surface area contributed by atoms with E-state index in [1.807, 2.05) is 0 Å². The van der Waals surface area contributed by atoms with Gasteiger partial charge in [0.05, 0.1) is 20.4 Å². The first kappa shape index (κ1) is 24.9. The zero-order valence-electron chi connectivity index (χ0n) is 17.2. The summed E-state index contributed by atoms with van der Waals surface area (Å²) in [7, 11) is 0. The normalized spacial score (nSPS) is 14.9. The van der Waals surface area contributed by atoms with Crippen LogP contribution in [0, 0.1) is 11.6 Å². The van der Waals surface area contributed by atoms with E-state index in [4.69, 9.17) is 16.3 Å². The molecule has 0 radical (unpaired) electrons. The summed E-state index contributed by atoms with van der Waals surface area (Å²) in [5.74, 6) is -0.855. The van der Waals surface area contributed by atoms with Crippen molar-refractivity contribution in [3.8, 4) is 5.75 Å². The van der Waals surface area contributed by atoms with Gasteiger partial charge in [0.1, 0.15) is 24.0 Å². The molecule has 34 heavy (non-hydrogen) atoms. The molecule has 10 heteroatoms. The minimum Gasteiger partial charge on any atom is -0.486 e. The van der Waals surface area contributed by atoms with Crippen LogP contribution < -0.4 is 4.74 Å². The first-order valence-corrected chi connectivity index (χ1v) is 12.6. The zero-order valence-corrected chi connectivity index (χ0v) is 21.9. The Bertz CT molecular complexity index is 1310. The first-order chi connectivity index (χ1) is 16.2. The van der Waals surface area contributed by atoms with Gasteiger partial charge in [-0.05, 0) is 91.2 Å². The van der Waals surface area contributed by atoms with Crippen molar-refractivity contribution >= 4 is 72.4 Å². The van der Waals surface area contributed by atoms with Crippen LogP contribution >= 0.6 is 55.2 Å². The molecule has 0 aromatic heterocycles. The van der Waals surface area contributed by atoms with E-state index in [2.05, 4.69) is 31.9 Å². The Kier molecular flexibility index (Phi) is 7.77. The molecule has 1 aliphatic rings. The molecule has 4 nitrogen and oxygen atoms in total. The number of carbonyl (C=O) groups is 2. The highest BCUT2D eigenvalue weighted by molar-refractivity contribution is 9.11. The molecule has 0 spiro atoms. The average Bonchev–Trinajstić information content (AvgIpc) is 3.03. The standard InChI is InChI=1S/C24H14Br2ClF2NO3S/c25-17-7-13(8-18(26)22(17)33-12-15-3-1-2-4-20(15)29)9-21-23(31)30(24(32)34-21)11-14-5-6-16(28)10-19(14)27/h1-10H,11-12H2/b21-9-. The van der Waals surface area contributed by atoms with Gasteiger partial charge in [-0.15, -0.1) is 0 Å². The molecule has 0 saturated carbocycles. The highest BCUT2D eigenvalue weighted by Crippen LogP contribution is 2.38. The SMILES string of the molecule is O=C1S/C(=C\c2cc(Br)c(OCc3ccccc3F)c(Br)c2)C(=O)N1Cc1ccc(F)cc1Cl. The van der Waals surface area contributed by atoms with E-state index in [0.29, 0.717) is 31.4 Å². The van der Waals surface area contributed by atoms with Gasteiger partial charge in [0.25, 0.3) is 11.1 Å². The van der Waals surface area contributed by atoms with E-state index in [9.17, 15) is 18.4 Å². The van der Waals surface area contributed by atoms with Gasteiger partial charge < -0.3 is 4.74 Å². The van der Waals surface area contributed by atoms with Crippen molar-refractivity contribution < 1.29 is 23.1 Å². The molecule has 1 fully saturated rings. The molecule has 4 rings (SSSR count). The lowest BCUT2D eigenvalue weighted by molar-refractivity contribution is -0.123. The summed E-state index contributed by atoms with van der Waals surface area (Å²) in [6.07, 6.45) is 1.59. The third-order valence-corrected chi connectivity index (χ3v) is 7.30. The van der Waals surface area contributed by atoms with Gasteiger partial charge in [-0.2, -0.15) is 0 Å². The van der Waals surface area contributed by atoms with Crippen LogP contribution in [0.5, 0.6) is 5.75 Å². The minimum absolute atomic E-state index is 0.0358. The number of imide groups is 1. The number of carbonyl (C=O) groups excluding carboxylic acids is 2. The topological polar surface area (TPSA) is 46.6 Å². The van der Waals surface area contributed by atoms with Crippen LogP contribution in [0.15, 0.2) is 68.4 Å². The molecule has 2 amide bonds. The lowest BCUT2D eigenvalue weighted by Crippen LogP contribution is -2.27. The van der Waals surface area contributed by atoms with Gasteiger partial charge in [-0.1, -0.05) is 35.9 Å². The minimum atomic E-state index is -0.500. The molecule has 0 N–H and O–H groups in total. The quantitative estimate of drug-likeness (QED) is 0.260. The van der Waals surface area contributed by atoms with Crippen molar-refractivity contribution in [2.24, 2.45) is 0 Å². The molecule has 1 heterocycles. The highest BCUT2D eigenvalue weighted by atomic mass is 79.9. The Balaban J connectivity index is 1.51. The molecule has 3 aromatic rings. The molecule has 174 valence electrons. The number of thioether (sulfide) groups is 1. The Morgan fingerprint density at radius 3 is 2.38 bits per heavy atom. The number of hydrogen-bond donors (Lipinski definition) is 0. The molecule has 1 aliphatic heterocycles. The fraction of sp³-hybridized carbons (Fsp3) is 0.0833. The predicted molar refractivity (Wildman–Crippen MR) is 135 cm³/mol. The molecular formula is C24H14Br2ClF2NO3S. The smallest absolute Gasteiger partial charge is 0.293 e. The van der Waals surface area contributed by atoms with Crippen LogP contribution in [0.3, 0.4) is 0 Å². The maximum Gasteiger partial charge on any atom is 0.293 e. The summed E-state index contributed by atoms with van der Waals surface area (Å²) in [6.45, 7) is -0.0224. The summed E-state index contributed by atoms with van der Waals surface area (Å²) in [5, 5.41) is -0.304. The van der Waals surface area contributed by atoms with Crippen molar-refractivity contribution in [1.82, 2.24) is 4.90 Å². The van der Waals surface area contributed by atoms with Gasteiger partial charge in [0.2, 0.25) is 0 Å². The van der Waals surface area contributed by atoms with Gasteiger partial charge in [-0.25, -0.2) is 8.78 Å². The molecule has 0 aliphatic carbocycles. The van der Waals surface area contributed by atoms with Crippen molar-refractivity contribution in [2.45, 2.75) is 13.2 Å². The summed E-state index contributed by atoms with van der Waals surface area (Å²) < 4.78 is 34.1. The van der Waals surface area contributed by atoms with Crippen LogP contribution in [-0.4, -0.2) is 16.0 Å². The molecule has 3 aromatic carbocycles. The second-order valence-electron chi connectivity index (χ2n) is 7.20. The monoisotopic (exact) mass is 627 g/mol. The predicted octanol–water partition coefficient (Wildman–Crippen LogP) is 7.96. The molecule has 0 bridgehead atoms. The highest BCUT2D eigenvalue weighted by Gasteiger charge is 2.35. The van der Waals surface area contributed by atoms with E-state index in [-0.39, 0.29) is 28.9 Å². The fourth-order valence-electron chi connectivity index (χ4n) is 3.17. The summed E-state index contributed by atoms with van der Waals surface area (Å²) in [6, 6.07) is 13.6. The Morgan fingerprint density at radius 2 is 1.71 bits per heavy atom. The average molecular weight is 630 g/mol. The number of amides is 2.